The predicted octanol–water partition coefficient (Wildman–Crippen LogP) is 4.01. The fourth-order valence-electron chi connectivity index (χ4n) is 4.37. The molecule has 0 saturated heterocycles. The second-order valence-electron chi connectivity index (χ2n) is 8.44. The van der Waals surface area contributed by atoms with Gasteiger partial charge >= 0.3 is 5.69 Å². The summed E-state index contributed by atoms with van der Waals surface area (Å²) in [4.78, 5) is 42.9. The van der Waals surface area contributed by atoms with Crippen molar-refractivity contribution in [2.45, 2.75) is 32.6 Å². The standard InChI is InChI=1S/C25H21N5O5S/c1-14-27-24-22(18-4-2-3-5-21(18)36-24)25(33)29(14)17-9-7-16(8-10-17)23(32)28-26-13-15-6-11-20(31)19(12-15)30(34)35/h6-13,31H,2-5H2,1H3,(H,28,32)/b26-13-. The maximum absolute atomic E-state index is 13.4. The average Bonchev–Trinajstić information content (AvgIpc) is 3.23. The molecule has 0 fully saturated rings. The van der Waals surface area contributed by atoms with Gasteiger partial charge < -0.3 is 5.11 Å². The van der Waals surface area contributed by atoms with Crippen LogP contribution in [0.25, 0.3) is 15.9 Å². The van der Waals surface area contributed by atoms with Crippen molar-refractivity contribution >= 4 is 39.4 Å². The number of carbonyl (C=O) groups is 1. The predicted molar refractivity (Wildman–Crippen MR) is 136 cm³/mol. The number of benzene rings is 2. The maximum Gasteiger partial charge on any atom is 0.311 e. The summed E-state index contributed by atoms with van der Waals surface area (Å²) < 4.78 is 1.57. The van der Waals surface area contributed by atoms with Crippen molar-refractivity contribution in [3.63, 3.8) is 0 Å². The molecule has 36 heavy (non-hydrogen) atoms. The van der Waals surface area contributed by atoms with Crippen LogP contribution in [0.4, 0.5) is 5.69 Å². The molecule has 5 rings (SSSR count). The normalized spacial score (nSPS) is 13.1. The van der Waals surface area contributed by atoms with Crippen molar-refractivity contribution in [2.75, 3.05) is 0 Å². The van der Waals surface area contributed by atoms with Crippen molar-refractivity contribution < 1.29 is 14.8 Å². The summed E-state index contributed by atoms with van der Waals surface area (Å²) >= 11 is 1.61. The lowest BCUT2D eigenvalue weighted by molar-refractivity contribution is -0.385. The van der Waals surface area contributed by atoms with Crippen LogP contribution in [0.1, 0.15) is 45.0 Å². The Labute approximate surface area is 208 Å². The van der Waals surface area contributed by atoms with Gasteiger partial charge in [-0.2, -0.15) is 5.10 Å². The van der Waals surface area contributed by atoms with E-state index >= 15 is 0 Å². The zero-order valence-electron chi connectivity index (χ0n) is 19.2. The number of phenolic OH excluding ortho intramolecular Hbond substituents is 1. The number of rotatable bonds is 5. The molecular weight excluding hydrogens is 482 g/mol. The number of aryl methyl sites for hydroxylation is 3. The topological polar surface area (TPSA) is 140 Å². The van der Waals surface area contributed by atoms with Gasteiger partial charge in [-0.1, -0.05) is 0 Å². The number of hydrogen-bond acceptors (Lipinski definition) is 8. The molecule has 2 aromatic carbocycles. The second-order valence-corrected chi connectivity index (χ2v) is 9.53. The largest absolute Gasteiger partial charge is 0.502 e. The average molecular weight is 504 g/mol. The molecule has 1 amide bonds. The van der Waals surface area contributed by atoms with Crippen LogP contribution in [0, 0.1) is 17.0 Å². The third-order valence-corrected chi connectivity index (χ3v) is 7.31. The van der Waals surface area contributed by atoms with Crippen LogP contribution in [0.5, 0.6) is 5.75 Å². The number of carbonyl (C=O) groups excluding carboxylic acids is 1. The number of hydrazone groups is 1. The summed E-state index contributed by atoms with van der Waals surface area (Å²) in [6, 6.07) is 10.3. The van der Waals surface area contributed by atoms with Crippen LogP contribution in [-0.4, -0.2) is 31.7 Å². The highest BCUT2D eigenvalue weighted by atomic mass is 32.1. The molecule has 1 aliphatic carbocycles. The second kappa shape index (κ2) is 9.34. The minimum absolute atomic E-state index is 0.0957. The van der Waals surface area contributed by atoms with E-state index in [2.05, 4.69) is 10.5 Å². The summed E-state index contributed by atoms with van der Waals surface area (Å²) in [7, 11) is 0. The molecule has 2 heterocycles. The van der Waals surface area contributed by atoms with Crippen molar-refractivity contribution in [1.82, 2.24) is 15.0 Å². The van der Waals surface area contributed by atoms with E-state index < -0.39 is 22.3 Å². The van der Waals surface area contributed by atoms with Gasteiger partial charge in [0.15, 0.2) is 5.75 Å². The maximum atomic E-state index is 13.4. The van der Waals surface area contributed by atoms with Gasteiger partial charge in [0.05, 0.1) is 22.2 Å². The fourth-order valence-corrected chi connectivity index (χ4v) is 5.67. The molecule has 2 aromatic heterocycles. The number of aromatic nitrogens is 2. The Bertz CT molecular complexity index is 1600. The number of thiophene rings is 1. The molecule has 2 N–H and O–H groups in total. The van der Waals surface area contributed by atoms with E-state index in [1.807, 2.05) is 0 Å². The number of phenols is 1. The van der Waals surface area contributed by atoms with Crippen LogP contribution in [-0.2, 0) is 12.8 Å². The van der Waals surface area contributed by atoms with E-state index in [4.69, 9.17) is 4.98 Å². The van der Waals surface area contributed by atoms with E-state index in [-0.39, 0.29) is 5.56 Å². The Morgan fingerprint density at radius 1 is 1.22 bits per heavy atom. The van der Waals surface area contributed by atoms with Crippen LogP contribution in [0.2, 0.25) is 0 Å². The Balaban J connectivity index is 1.36. The van der Waals surface area contributed by atoms with E-state index in [0.29, 0.717) is 28.0 Å². The van der Waals surface area contributed by atoms with Gasteiger partial charge in [0.1, 0.15) is 10.7 Å². The molecule has 0 aliphatic heterocycles. The monoisotopic (exact) mass is 503 g/mol. The molecule has 4 aromatic rings. The first-order chi connectivity index (χ1) is 17.3. The fraction of sp³-hybridized carbons (Fsp3) is 0.200. The Kier molecular flexibility index (Phi) is 6.06. The Morgan fingerprint density at radius 3 is 2.72 bits per heavy atom. The summed E-state index contributed by atoms with van der Waals surface area (Å²) in [6.45, 7) is 1.79. The number of hydrogen-bond donors (Lipinski definition) is 2. The molecule has 0 bridgehead atoms. The molecule has 0 spiro atoms. The first-order valence-corrected chi connectivity index (χ1v) is 12.1. The Hall–Kier alpha value is -4.38. The van der Waals surface area contributed by atoms with Crippen molar-refractivity contribution in [3.8, 4) is 11.4 Å². The lowest BCUT2D eigenvalue weighted by Gasteiger charge is -2.12. The molecule has 10 nitrogen and oxygen atoms in total. The van der Waals surface area contributed by atoms with Crippen molar-refractivity contribution in [1.29, 1.82) is 0 Å². The van der Waals surface area contributed by atoms with E-state index in [1.165, 1.54) is 23.2 Å². The Morgan fingerprint density at radius 2 is 1.97 bits per heavy atom. The van der Waals surface area contributed by atoms with Gasteiger partial charge in [-0.25, -0.2) is 10.4 Å². The molecule has 1 aliphatic rings. The van der Waals surface area contributed by atoms with Gasteiger partial charge in [0, 0.05) is 22.1 Å². The van der Waals surface area contributed by atoms with Crippen LogP contribution >= 0.6 is 11.3 Å². The minimum atomic E-state index is -0.708. The van der Waals surface area contributed by atoms with Crippen molar-refractivity contribution in [2.24, 2.45) is 5.10 Å². The molecule has 0 unspecified atom stereocenters. The molecule has 0 atom stereocenters. The highest BCUT2D eigenvalue weighted by Crippen LogP contribution is 2.34. The zero-order chi connectivity index (χ0) is 25.4. The summed E-state index contributed by atoms with van der Waals surface area (Å²) in [6.07, 6.45) is 5.33. The van der Waals surface area contributed by atoms with Crippen LogP contribution < -0.4 is 11.0 Å². The molecule has 11 heteroatoms. The van der Waals surface area contributed by atoms with E-state index in [9.17, 15) is 24.8 Å². The quantitative estimate of drug-likeness (QED) is 0.240. The van der Waals surface area contributed by atoms with Crippen LogP contribution in [0.3, 0.4) is 0 Å². The van der Waals surface area contributed by atoms with Gasteiger partial charge in [-0.15, -0.1) is 11.3 Å². The summed E-state index contributed by atoms with van der Waals surface area (Å²) in [5.41, 5.74) is 4.21. The third kappa shape index (κ3) is 4.24. The molecule has 182 valence electrons. The van der Waals surface area contributed by atoms with Gasteiger partial charge in [-0.3, -0.25) is 24.3 Å². The minimum Gasteiger partial charge on any atom is -0.502 e. The lowest BCUT2D eigenvalue weighted by atomic mass is 9.97. The number of aromatic hydroxyl groups is 1. The number of nitro benzene ring substituents is 1. The van der Waals surface area contributed by atoms with Crippen LogP contribution in [0.15, 0.2) is 52.4 Å². The molecular formula is C25H21N5O5S. The highest BCUT2D eigenvalue weighted by Gasteiger charge is 2.21. The number of nitro groups is 1. The molecule has 0 saturated carbocycles. The number of fused-ring (bicyclic) bond motifs is 3. The van der Waals surface area contributed by atoms with Gasteiger partial charge in [0.2, 0.25) is 0 Å². The van der Waals surface area contributed by atoms with E-state index in [1.54, 1.807) is 47.1 Å². The first kappa shape index (κ1) is 23.4. The first-order valence-electron chi connectivity index (χ1n) is 11.3. The third-order valence-electron chi connectivity index (χ3n) is 6.12. The van der Waals surface area contributed by atoms with Gasteiger partial charge in [0.25, 0.3) is 11.5 Å². The number of nitrogens with one attached hydrogen (secondary N) is 1. The lowest BCUT2D eigenvalue weighted by Crippen LogP contribution is -2.23. The van der Waals surface area contributed by atoms with E-state index in [0.717, 1.165) is 42.1 Å². The SMILES string of the molecule is Cc1nc2sc3c(c2c(=O)n1-c1ccc(C(=O)N/N=C\c2ccc(O)c([N+](=O)[O-])c2)cc1)CCCC3. The van der Waals surface area contributed by atoms with Gasteiger partial charge in [-0.05, 0) is 74.6 Å². The summed E-state index contributed by atoms with van der Waals surface area (Å²) in [5, 5.41) is 25.0. The highest BCUT2D eigenvalue weighted by molar-refractivity contribution is 7.18. The van der Waals surface area contributed by atoms with Crippen molar-refractivity contribution in [3.05, 3.63) is 90.3 Å². The smallest absolute Gasteiger partial charge is 0.311 e. The summed E-state index contributed by atoms with van der Waals surface area (Å²) in [5.74, 6) is -0.365. The molecule has 0 radical (unpaired) electrons. The number of amides is 1. The number of nitrogens with zero attached hydrogens (tertiary/aromatic N) is 4. The zero-order valence-corrected chi connectivity index (χ0v) is 20.0.